The van der Waals surface area contributed by atoms with Crippen molar-refractivity contribution in [3.63, 3.8) is 0 Å². The zero-order chi connectivity index (χ0) is 15.9. The van der Waals surface area contributed by atoms with Crippen molar-refractivity contribution in [2.75, 3.05) is 19.8 Å². The monoisotopic (exact) mass is 296 g/mol. The molecule has 1 N–H and O–H groups in total. The van der Waals surface area contributed by atoms with Crippen molar-refractivity contribution in [2.45, 2.75) is 39.8 Å². The Kier molecular flexibility index (Phi) is 6.58. The predicted molar refractivity (Wildman–Crippen MR) is 81.7 cm³/mol. The van der Waals surface area contributed by atoms with Crippen LogP contribution in [0, 0.1) is 10.1 Å². The zero-order valence-corrected chi connectivity index (χ0v) is 13.1. The summed E-state index contributed by atoms with van der Waals surface area (Å²) in [6.45, 7) is 9.92. The Morgan fingerprint density at radius 2 is 2.00 bits per heavy atom. The van der Waals surface area contributed by atoms with Crippen LogP contribution >= 0.6 is 0 Å². The molecule has 0 atom stereocenters. The third-order valence-corrected chi connectivity index (χ3v) is 2.73. The summed E-state index contributed by atoms with van der Waals surface area (Å²) in [6.07, 6.45) is 0. The molecule has 118 valence electrons. The van der Waals surface area contributed by atoms with E-state index in [2.05, 4.69) is 5.32 Å². The number of hydrogen-bond acceptors (Lipinski definition) is 5. The van der Waals surface area contributed by atoms with Gasteiger partial charge in [0.2, 0.25) is 0 Å². The molecule has 0 unspecified atom stereocenters. The Labute approximate surface area is 125 Å². The molecule has 0 spiro atoms. The Morgan fingerprint density at radius 3 is 2.57 bits per heavy atom. The van der Waals surface area contributed by atoms with Gasteiger partial charge in [0.1, 0.15) is 6.61 Å². The lowest BCUT2D eigenvalue weighted by Gasteiger charge is -2.20. The molecule has 0 amide bonds. The van der Waals surface area contributed by atoms with Gasteiger partial charge in [0.05, 0.1) is 11.5 Å². The van der Waals surface area contributed by atoms with Crippen molar-refractivity contribution in [1.29, 1.82) is 0 Å². The number of ether oxygens (including phenoxy) is 2. The van der Waals surface area contributed by atoms with Crippen LogP contribution in [0.25, 0.3) is 0 Å². The molecule has 0 saturated heterocycles. The Hall–Kier alpha value is -1.66. The van der Waals surface area contributed by atoms with E-state index in [9.17, 15) is 10.1 Å². The molecule has 0 aromatic heterocycles. The number of rotatable bonds is 8. The van der Waals surface area contributed by atoms with Crippen molar-refractivity contribution in [3.8, 4) is 5.75 Å². The van der Waals surface area contributed by atoms with Gasteiger partial charge in [0.15, 0.2) is 5.75 Å². The van der Waals surface area contributed by atoms with Crippen LogP contribution in [0.15, 0.2) is 18.2 Å². The number of nitrogens with zero attached hydrogens (tertiary/aromatic N) is 1. The zero-order valence-electron chi connectivity index (χ0n) is 13.1. The second-order valence-corrected chi connectivity index (χ2v) is 5.71. The van der Waals surface area contributed by atoms with Crippen LogP contribution in [-0.2, 0) is 11.3 Å². The fourth-order valence-electron chi connectivity index (χ4n) is 1.66. The van der Waals surface area contributed by atoms with E-state index in [1.54, 1.807) is 12.1 Å². The summed E-state index contributed by atoms with van der Waals surface area (Å²) < 4.78 is 10.6. The molecule has 6 nitrogen and oxygen atoms in total. The van der Waals surface area contributed by atoms with E-state index in [0.717, 1.165) is 5.56 Å². The fraction of sp³-hybridized carbons (Fsp3) is 0.600. The molecule has 0 bridgehead atoms. The van der Waals surface area contributed by atoms with Gasteiger partial charge >= 0.3 is 5.69 Å². The van der Waals surface area contributed by atoms with Crippen LogP contribution in [0.4, 0.5) is 5.69 Å². The largest absolute Gasteiger partial charge is 0.484 e. The fourth-order valence-corrected chi connectivity index (χ4v) is 1.66. The van der Waals surface area contributed by atoms with E-state index >= 15 is 0 Å². The first-order valence-corrected chi connectivity index (χ1v) is 7.06. The first-order valence-electron chi connectivity index (χ1n) is 7.06. The quantitative estimate of drug-likeness (QED) is 0.453. The van der Waals surface area contributed by atoms with Crippen LogP contribution < -0.4 is 10.1 Å². The topological polar surface area (TPSA) is 73.6 Å². The molecule has 0 saturated carbocycles. The molecule has 0 heterocycles. The highest BCUT2D eigenvalue weighted by Crippen LogP contribution is 2.28. The molecule has 0 aliphatic heterocycles. The maximum absolute atomic E-state index is 11.1. The Morgan fingerprint density at radius 1 is 1.29 bits per heavy atom. The summed E-state index contributed by atoms with van der Waals surface area (Å²) >= 11 is 0. The third-order valence-electron chi connectivity index (χ3n) is 2.73. The van der Waals surface area contributed by atoms with Gasteiger partial charge in [-0.25, -0.2) is 0 Å². The molecule has 0 aliphatic carbocycles. The van der Waals surface area contributed by atoms with Crippen molar-refractivity contribution in [2.24, 2.45) is 0 Å². The van der Waals surface area contributed by atoms with E-state index in [0.29, 0.717) is 26.4 Å². The van der Waals surface area contributed by atoms with Gasteiger partial charge in [-0.15, -0.1) is 0 Å². The molecule has 0 radical (unpaired) electrons. The predicted octanol–water partition coefficient (Wildman–Crippen LogP) is 2.90. The van der Waals surface area contributed by atoms with Crippen molar-refractivity contribution in [1.82, 2.24) is 5.32 Å². The SMILES string of the molecule is CCOCCOc1ccc(CNC(C)(C)C)cc1[N+](=O)[O-]. The lowest BCUT2D eigenvalue weighted by molar-refractivity contribution is -0.386. The van der Waals surface area contributed by atoms with Crippen molar-refractivity contribution >= 4 is 5.69 Å². The van der Waals surface area contributed by atoms with E-state index in [-0.39, 0.29) is 17.0 Å². The van der Waals surface area contributed by atoms with Crippen LogP contribution in [0.5, 0.6) is 5.75 Å². The number of nitro groups is 1. The minimum atomic E-state index is -0.420. The third kappa shape index (κ3) is 6.55. The first-order chi connectivity index (χ1) is 9.83. The van der Waals surface area contributed by atoms with Gasteiger partial charge in [0.25, 0.3) is 0 Å². The number of benzene rings is 1. The molecule has 1 rings (SSSR count). The average molecular weight is 296 g/mol. The lowest BCUT2D eigenvalue weighted by atomic mass is 10.1. The molecule has 6 heteroatoms. The summed E-state index contributed by atoms with van der Waals surface area (Å²) in [5.41, 5.74) is 0.801. The molecule has 0 fully saturated rings. The average Bonchev–Trinajstić information content (AvgIpc) is 2.41. The summed E-state index contributed by atoms with van der Waals surface area (Å²) in [6, 6.07) is 5.03. The van der Waals surface area contributed by atoms with Crippen molar-refractivity contribution in [3.05, 3.63) is 33.9 Å². The number of nitro benzene ring substituents is 1. The maximum Gasteiger partial charge on any atom is 0.311 e. The Balaban J connectivity index is 2.74. The smallest absolute Gasteiger partial charge is 0.311 e. The van der Waals surface area contributed by atoms with E-state index in [4.69, 9.17) is 9.47 Å². The van der Waals surface area contributed by atoms with Gasteiger partial charge in [-0.2, -0.15) is 0 Å². The van der Waals surface area contributed by atoms with E-state index in [1.165, 1.54) is 0 Å². The van der Waals surface area contributed by atoms with Gasteiger partial charge in [0, 0.05) is 24.8 Å². The van der Waals surface area contributed by atoms with E-state index in [1.807, 2.05) is 33.8 Å². The first kappa shape index (κ1) is 17.4. The molecular formula is C15H24N2O4. The minimum absolute atomic E-state index is 0.0142. The molecule has 1 aromatic carbocycles. The van der Waals surface area contributed by atoms with Crippen molar-refractivity contribution < 1.29 is 14.4 Å². The highest BCUT2D eigenvalue weighted by Gasteiger charge is 2.17. The van der Waals surface area contributed by atoms with Gasteiger partial charge in [-0.05, 0) is 39.3 Å². The van der Waals surface area contributed by atoms with E-state index < -0.39 is 4.92 Å². The summed E-state index contributed by atoms with van der Waals surface area (Å²) in [5, 5.41) is 14.4. The van der Waals surface area contributed by atoms with Crippen LogP contribution in [-0.4, -0.2) is 30.3 Å². The van der Waals surface area contributed by atoms with Gasteiger partial charge in [-0.1, -0.05) is 6.07 Å². The normalized spacial score (nSPS) is 11.4. The Bertz CT molecular complexity index is 469. The van der Waals surface area contributed by atoms with Crippen LogP contribution in [0.1, 0.15) is 33.3 Å². The second-order valence-electron chi connectivity index (χ2n) is 5.71. The van der Waals surface area contributed by atoms with Gasteiger partial charge in [-0.3, -0.25) is 10.1 Å². The molecular weight excluding hydrogens is 272 g/mol. The van der Waals surface area contributed by atoms with Crippen LogP contribution in [0.2, 0.25) is 0 Å². The highest BCUT2D eigenvalue weighted by molar-refractivity contribution is 5.48. The maximum atomic E-state index is 11.1. The van der Waals surface area contributed by atoms with Gasteiger partial charge < -0.3 is 14.8 Å². The van der Waals surface area contributed by atoms with Crippen LogP contribution in [0.3, 0.4) is 0 Å². The number of nitrogens with one attached hydrogen (secondary N) is 1. The highest BCUT2D eigenvalue weighted by atomic mass is 16.6. The minimum Gasteiger partial charge on any atom is -0.484 e. The summed E-state index contributed by atoms with van der Waals surface area (Å²) in [5.74, 6) is 0.277. The molecule has 1 aromatic rings. The molecule has 0 aliphatic rings. The summed E-state index contributed by atoms with van der Waals surface area (Å²) in [7, 11) is 0. The lowest BCUT2D eigenvalue weighted by Crippen LogP contribution is -2.35. The summed E-state index contributed by atoms with van der Waals surface area (Å²) in [4.78, 5) is 10.7. The molecule has 21 heavy (non-hydrogen) atoms. The standard InChI is InChI=1S/C15H24N2O4/c1-5-20-8-9-21-14-7-6-12(10-13(14)17(18)19)11-16-15(2,3)4/h6-7,10,16H,5,8-9,11H2,1-4H3. The number of hydrogen-bond donors (Lipinski definition) is 1. The second kappa shape index (κ2) is 7.95.